The van der Waals surface area contributed by atoms with Gasteiger partial charge in [-0.05, 0) is 0 Å². The Hall–Kier alpha value is 1.56. The van der Waals surface area contributed by atoms with Gasteiger partial charge in [-0.2, -0.15) is 0 Å². The Morgan fingerprint density at radius 3 is 1.00 bits per heavy atom. The molecule has 3 nitrogen and oxygen atoms in total. The van der Waals surface area contributed by atoms with Gasteiger partial charge in [-0.25, -0.2) is 0 Å². The van der Waals surface area contributed by atoms with Gasteiger partial charge in [0.15, 0.2) is 0 Å². The van der Waals surface area contributed by atoms with Crippen LogP contribution in [0.1, 0.15) is 0 Å². The molecular formula is H4CuIO3P. The summed E-state index contributed by atoms with van der Waals surface area (Å²) in [5.74, 6) is 0. The Bertz CT molecular complexity index is 15.5. The summed E-state index contributed by atoms with van der Waals surface area (Å²) in [6.07, 6.45) is 0. The number of rotatable bonds is 0. The zero-order valence-corrected chi connectivity index (χ0v) is 6.67. The van der Waals surface area contributed by atoms with Crippen molar-refractivity contribution in [2.75, 3.05) is 0 Å². The van der Waals surface area contributed by atoms with Crippen molar-refractivity contribution in [2.45, 2.75) is 0 Å². The molecule has 0 aliphatic carbocycles. The Morgan fingerprint density at radius 2 is 1.00 bits per heavy atom. The van der Waals surface area contributed by atoms with Crippen molar-refractivity contribution < 1.29 is 31.7 Å². The fraction of sp³-hybridized carbons (Fsp3) is 0. The van der Waals surface area contributed by atoms with Crippen LogP contribution in [0, 0.1) is 0 Å². The molecule has 0 saturated carbocycles. The standard InChI is InChI=1S/Cu.HI.H3O3P/c;;1-4(2)3/h;1H;1-3H. The second-order valence-corrected chi connectivity index (χ2v) is 0.805. The van der Waals surface area contributed by atoms with E-state index in [2.05, 4.69) is 0 Å². The molecule has 0 heterocycles. The molecular weight excluding hydrogens is 269 g/mol. The maximum absolute atomic E-state index is 7.23. The SMILES string of the molecule is I.OP(O)O.[Cu]. The quantitative estimate of drug-likeness (QED) is 0.326. The first kappa shape index (κ1) is 15.6. The monoisotopic (exact) mass is 273 g/mol. The van der Waals surface area contributed by atoms with Crippen molar-refractivity contribution in [2.24, 2.45) is 0 Å². The van der Waals surface area contributed by atoms with Gasteiger partial charge in [-0.1, -0.05) is 0 Å². The van der Waals surface area contributed by atoms with E-state index in [1.54, 1.807) is 0 Å². The summed E-state index contributed by atoms with van der Waals surface area (Å²) in [6, 6.07) is 0. The molecule has 0 bridgehead atoms. The van der Waals surface area contributed by atoms with Crippen LogP contribution >= 0.6 is 32.6 Å². The maximum Gasteiger partial charge on any atom is 0.324 e. The topological polar surface area (TPSA) is 60.7 Å². The molecule has 0 aromatic heterocycles. The summed E-state index contributed by atoms with van der Waals surface area (Å²) in [5, 5.41) is 0. The van der Waals surface area contributed by atoms with E-state index in [1.807, 2.05) is 0 Å². The van der Waals surface area contributed by atoms with E-state index in [0.717, 1.165) is 0 Å². The van der Waals surface area contributed by atoms with E-state index in [1.165, 1.54) is 0 Å². The van der Waals surface area contributed by atoms with Gasteiger partial charge in [0.2, 0.25) is 0 Å². The summed E-state index contributed by atoms with van der Waals surface area (Å²) in [7, 11) is -2.62. The van der Waals surface area contributed by atoms with Crippen molar-refractivity contribution in [3.05, 3.63) is 0 Å². The zero-order chi connectivity index (χ0) is 3.58. The molecule has 0 amide bonds. The summed E-state index contributed by atoms with van der Waals surface area (Å²) in [4.78, 5) is 21.7. The van der Waals surface area contributed by atoms with Crippen LogP contribution in [0.3, 0.4) is 0 Å². The molecule has 0 aromatic rings. The van der Waals surface area contributed by atoms with Crippen molar-refractivity contribution in [1.82, 2.24) is 0 Å². The van der Waals surface area contributed by atoms with E-state index in [-0.39, 0.29) is 41.0 Å². The molecule has 6 heteroatoms. The largest absolute Gasteiger partial charge is 0.328 e. The molecule has 0 aromatic carbocycles. The molecule has 1 radical (unpaired) electrons. The van der Waals surface area contributed by atoms with Crippen LogP contribution in [0.4, 0.5) is 0 Å². The van der Waals surface area contributed by atoms with E-state index in [9.17, 15) is 0 Å². The van der Waals surface area contributed by atoms with Gasteiger partial charge in [0.1, 0.15) is 0 Å². The minimum atomic E-state index is -2.62. The Balaban J connectivity index is -0.0000000450. The third-order valence-corrected chi connectivity index (χ3v) is 0. The fourth-order valence-electron chi connectivity index (χ4n) is 0. The summed E-state index contributed by atoms with van der Waals surface area (Å²) in [5.41, 5.74) is 0. The van der Waals surface area contributed by atoms with Crippen molar-refractivity contribution >= 4 is 32.6 Å². The van der Waals surface area contributed by atoms with Crippen LogP contribution in [0.25, 0.3) is 0 Å². The third kappa shape index (κ3) is 47.5. The van der Waals surface area contributed by atoms with E-state index < -0.39 is 8.60 Å². The Morgan fingerprint density at radius 1 is 1.00 bits per heavy atom. The molecule has 0 unspecified atom stereocenters. The van der Waals surface area contributed by atoms with Crippen LogP contribution in [0.15, 0.2) is 0 Å². The van der Waals surface area contributed by atoms with Gasteiger partial charge in [-0.15, -0.1) is 24.0 Å². The van der Waals surface area contributed by atoms with Crippen LogP contribution in [0.5, 0.6) is 0 Å². The number of hydrogen-bond donors (Lipinski definition) is 3. The average molecular weight is 273 g/mol. The predicted molar refractivity (Wildman–Crippen MR) is 29.0 cm³/mol. The Labute approximate surface area is 64.3 Å². The number of hydrogen-bond acceptors (Lipinski definition) is 3. The molecule has 0 rings (SSSR count). The summed E-state index contributed by atoms with van der Waals surface area (Å²) < 4.78 is 0. The maximum atomic E-state index is 7.23. The molecule has 0 spiro atoms. The second kappa shape index (κ2) is 9.75. The first-order valence-corrected chi connectivity index (χ1v) is 1.80. The second-order valence-electron chi connectivity index (χ2n) is 0.268. The zero-order valence-electron chi connectivity index (χ0n) is 2.50. The van der Waals surface area contributed by atoms with Gasteiger partial charge in [-0.3, -0.25) is 0 Å². The molecule has 0 aliphatic rings. The van der Waals surface area contributed by atoms with Crippen LogP contribution in [-0.2, 0) is 17.1 Å². The molecule has 0 fully saturated rings. The van der Waals surface area contributed by atoms with Crippen LogP contribution in [0.2, 0.25) is 0 Å². The minimum absolute atomic E-state index is 0. The molecule has 6 heavy (non-hydrogen) atoms. The summed E-state index contributed by atoms with van der Waals surface area (Å²) >= 11 is 0. The van der Waals surface area contributed by atoms with E-state index in [0.29, 0.717) is 0 Å². The van der Waals surface area contributed by atoms with Crippen LogP contribution in [-0.4, -0.2) is 14.7 Å². The Kier molecular flexibility index (Phi) is 25.4. The average Bonchev–Trinajstić information content (AvgIpc) is 0.811. The van der Waals surface area contributed by atoms with Gasteiger partial charge >= 0.3 is 8.60 Å². The molecule has 0 atom stereocenters. The van der Waals surface area contributed by atoms with Crippen molar-refractivity contribution in [3.8, 4) is 0 Å². The predicted octanol–water partition coefficient (Wildman–Crippen LogP) is -0.194. The van der Waals surface area contributed by atoms with E-state index >= 15 is 0 Å². The minimum Gasteiger partial charge on any atom is -0.328 e. The van der Waals surface area contributed by atoms with Gasteiger partial charge in [0, 0.05) is 17.1 Å². The van der Waals surface area contributed by atoms with Gasteiger partial charge in [0.05, 0.1) is 0 Å². The molecule has 0 saturated heterocycles. The molecule has 0 aliphatic heterocycles. The first-order valence-electron chi connectivity index (χ1n) is 0.600. The van der Waals surface area contributed by atoms with Crippen molar-refractivity contribution in [3.63, 3.8) is 0 Å². The smallest absolute Gasteiger partial charge is 0.324 e. The van der Waals surface area contributed by atoms with Gasteiger partial charge in [0.25, 0.3) is 0 Å². The normalized spacial score (nSPS) is 6.00. The van der Waals surface area contributed by atoms with Gasteiger partial charge < -0.3 is 14.7 Å². The number of halogens is 1. The molecule has 45 valence electrons. The van der Waals surface area contributed by atoms with Crippen molar-refractivity contribution in [1.29, 1.82) is 0 Å². The third-order valence-electron chi connectivity index (χ3n) is 0. The molecule has 3 N–H and O–H groups in total. The fourth-order valence-corrected chi connectivity index (χ4v) is 0. The summed E-state index contributed by atoms with van der Waals surface area (Å²) in [6.45, 7) is 0. The first-order chi connectivity index (χ1) is 1.73. The van der Waals surface area contributed by atoms with E-state index in [4.69, 9.17) is 14.7 Å². The van der Waals surface area contributed by atoms with Crippen LogP contribution < -0.4 is 0 Å².